The largest absolute Gasteiger partial charge is 0.416 e. The number of benzene rings is 3. The summed E-state index contributed by atoms with van der Waals surface area (Å²) in [5.74, 6) is -0.899. The Balaban J connectivity index is 1.71. The van der Waals surface area contributed by atoms with E-state index >= 15 is 0 Å². The number of rotatable bonds is 2. The molecule has 1 aliphatic heterocycles. The molecule has 168 valence electrons. The van der Waals surface area contributed by atoms with Crippen LogP contribution in [0, 0.1) is 0 Å². The topological polar surface area (TPSA) is 37.4 Å². The molecular formula is C26H19ClF3NO2. The maximum Gasteiger partial charge on any atom is 0.416 e. The molecule has 0 radical (unpaired) electrons. The van der Waals surface area contributed by atoms with Crippen LogP contribution in [0.3, 0.4) is 0 Å². The third-order valence-corrected chi connectivity index (χ3v) is 6.71. The van der Waals surface area contributed by atoms with Crippen LogP contribution in [-0.4, -0.2) is 11.7 Å². The van der Waals surface area contributed by atoms with E-state index in [4.69, 9.17) is 11.6 Å². The van der Waals surface area contributed by atoms with Crippen molar-refractivity contribution in [2.24, 2.45) is 0 Å². The lowest BCUT2D eigenvalue weighted by Gasteiger charge is -2.39. The van der Waals surface area contributed by atoms with Gasteiger partial charge in [-0.05, 0) is 47.4 Å². The van der Waals surface area contributed by atoms with E-state index in [2.05, 4.69) is 0 Å². The first-order valence-corrected chi connectivity index (χ1v) is 11.1. The summed E-state index contributed by atoms with van der Waals surface area (Å²) in [5, 5.41) is 1.98. The second-order valence-corrected chi connectivity index (χ2v) is 8.76. The van der Waals surface area contributed by atoms with Crippen LogP contribution in [0.2, 0.25) is 5.02 Å². The molecule has 1 heterocycles. The lowest BCUT2D eigenvalue weighted by atomic mass is 9.76. The molecule has 3 aromatic rings. The van der Waals surface area contributed by atoms with Gasteiger partial charge in [0.1, 0.15) is 0 Å². The second-order valence-electron chi connectivity index (χ2n) is 8.36. The smallest absolute Gasteiger partial charge is 0.294 e. The van der Waals surface area contributed by atoms with Crippen LogP contribution >= 0.6 is 11.6 Å². The number of carbonyl (C=O) groups excluding carboxylic acids is 2. The molecule has 1 unspecified atom stereocenters. The first kappa shape index (κ1) is 21.7. The number of halogens is 4. The second kappa shape index (κ2) is 8.03. The first-order chi connectivity index (χ1) is 15.8. The van der Waals surface area contributed by atoms with E-state index in [1.54, 1.807) is 0 Å². The molecule has 3 nitrogen and oxygen atoms in total. The number of fused-ring (bicyclic) bond motifs is 1. The molecule has 33 heavy (non-hydrogen) atoms. The summed E-state index contributed by atoms with van der Waals surface area (Å²) in [6.45, 7) is 0. The summed E-state index contributed by atoms with van der Waals surface area (Å²) in [5.41, 5.74) is 0.913. The van der Waals surface area contributed by atoms with Crippen LogP contribution in [0.25, 0.3) is 10.8 Å². The molecule has 2 aliphatic rings. The van der Waals surface area contributed by atoms with Gasteiger partial charge in [-0.25, -0.2) is 0 Å². The minimum Gasteiger partial charge on any atom is -0.294 e. The van der Waals surface area contributed by atoms with Gasteiger partial charge in [0.15, 0.2) is 5.78 Å². The minimum atomic E-state index is -4.58. The van der Waals surface area contributed by atoms with E-state index < -0.39 is 17.7 Å². The minimum absolute atomic E-state index is 0.0227. The molecule has 0 N–H and O–H groups in total. The normalized spacial score (nSPS) is 19.3. The van der Waals surface area contributed by atoms with Crippen molar-refractivity contribution in [3.63, 3.8) is 0 Å². The molecule has 1 amide bonds. The summed E-state index contributed by atoms with van der Waals surface area (Å²) in [6.07, 6.45) is -3.31. The van der Waals surface area contributed by atoms with E-state index in [9.17, 15) is 22.8 Å². The Labute approximate surface area is 193 Å². The highest BCUT2D eigenvalue weighted by Gasteiger charge is 2.41. The number of amides is 1. The quantitative estimate of drug-likeness (QED) is 0.403. The molecule has 0 fully saturated rings. The number of carbonyl (C=O) groups is 2. The monoisotopic (exact) mass is 469 g/mol. The van der Waals surface area contributed by atoms with Crippen LogP contribution < -0.4 is 4.90 Å². The zero-order valence-corrected chi connectivity index (χ0v) is 18.2. The summed E-state index contributed by atoms with van der Waals surface area (Å²) in [6, 6.07) is 16.5. The Hall–Kier alpha value is -3.12. The highest BCUT2D eigenvalue weighted by Crippen LogP contribution is 2.47. The summed E-state index contributed by atoms with van der Waals surface area (Å²) in [7, 11) is 0. The number of alkyl halides is 3. The van der Waals surface area contributed by atoms with E-state index in [1.807, 2.05) is 42.5 Å². The highest BCUT2D eigenvalue weighted by molar-refractivity contribution is 6.34. The fourth-order valence-electron chi connectivity index (χ4n) is 4.95. The van der Waals surface area contributed by atoms with Gasteiger partial charge in [0.05, 0.1) is 16.3 Å². The van der Waals surface area contributed by atoms with Gasteiger partial charge in [-0.3, -0.25) is 14.5 Å². The van der Waals surface area contributed by atoms with Crippen LogP contribution in [0.1, 0.15) is 42.7 Å². The number of allylic oxidation sites excluding steroid dienone is 2. The third-order valence-electron chi connectivity index (χ3n) is 6.39. The number of hydrogen-bond acceptors (Lipinski definition) is 2. The Bertz CT molecular complexity index is 1320. The lowest BCUT2D eigenvalue weighted by Crippen LogP contribution is -2.40. The van der Waals surface area contributed by atoms with E-state index in [0.717, 1.165) is 34.5 Å². The van der Waals surface area contributed by atoms with Gasteiger partial charge in [0.2, 0.25) is 5.91 Å². The Kier molecular flexibility index (Phi) is 5.28. The standard InChI is InChI=1S/C26H19ClF3NO2/c27-20-12-11-16(26(28,29)30)13-22(20)31-21-9-4-10-23(32)25(21)19(14-24(31)33)18-8-3-6-15-5-1-2-7-17(15)18/h1-3,5-8,11-13,19H,4,9-10,14H2. The average Bonchev–Trinajstić information content (AvgIpc) is 2.78. The summed E-state index contributed by atoms with van der Waals surface area (Å²) >= 11 is 6.28. The molecule has 1 atom stereocenters. The number of nitrogens with zero attached hydrogens (tertiary/aromatic N) is 1. The van der Waals surface area contributed by atoms with Crippen molar-refractivity contribution in [1.29, 1.82) is 0 Å². The Morgan fingerprint density at radius 2 is 1.70 bits per heavy atom. The van der Waals surface area contributed by atoms with Crippen LogP contribution in [0.4, 0.5) is 18.9 Å². The molecule has 0 aromatic heterocycles. The van der Waals surface area contributed by atoms with Crippen LogP contribution in [0.15, 0.2) is 71.9 Å². The summed E-state index contributed by atoms with van der Waals surface area (Å²) < 4.78 is 40.1. The van der Waals surface area contributed by atoms with E-state index in [0.29, 0.717) is 30.5 Å². The molecule has 0 saturated carbocycles. The van der Waals surface area contributed by atoms with Gasteiger partial charge in [-0.2, -0.15) is 13.2 Å². The number of hydrogen-bond donors (Lipinski definition) is 0. The third kappa shape index (κ3) is 3.72. The van der Waals surface area contributed by atoms with Crippen LogP contribution in [-0.2, 0) is 15.8 Å². The predicted octanol–water partition coefficient (Wildman–Crippen LogP) is 7.04. The molecule has 0 spiro atoms. The lowest BCUT2D eigenvalue weighted by molar-refractivity contribution is -0.137. The molecule has 7 heteroatoms. The van der Waals surface area contributed by atoms with Crippen molar-refractivity contribution >= 4 is 39.8 Å². The zero-order chi connectivity index (χ0) is 23.3. The number of Topliss-reactive ketones (excluding diaryl/α,β-unsaturated/α-hetero) is 1. The molecule has 1 aliphatic carbocycles. The number of ketones is 1. The first-order valence-electron chi connectivity index (χ1n) is 10.7. The van der Waals surface area contributed by atoms with Gasteiger partial charge in [0.25, 0.3) is 0 Å². The Morgan fingerprint density at radius 3 is 2.48 bits per heavy atom. The van der Waals surface area contributed by atoms with Gasteiger partial charge in [0, 0.05) is 30.0 Å². The molecule has 0 bridgehead atoms. The average molecular weight is 470 g/mol. The van der Waals surface area contributed by atoms with Gasteiger partial charge < -0.3 is 0 Å². The van der Waals surface area contributed by atoms with Crippen molar-refractivity contribution < 1.29 is 22.8 Å². The van der Waals surface area contributed by atoms with Crippen molar-refractivity contribution in [3.8, 4) is 0 Å². The fraction of sp³-hybridized carbons (Fsp3) is 0.231. The molecule has 5 rings (SSSR count). The number of anilines is 1. The van der Waals surface area contributed by atoms with Crippen molar-refractivity contribution in [3.05, 3.63) is 88.1 Å². The molecule has 3 aromatic carbocycles. The van der Waals surface area contributed by atoms with Gasteiger partial charge >= 0.3 is 6.18 Å². The fourth-order valence-corrected chi connectivity index (χ4v) is 5.15. The summed E-state index contributed by atoms with van der Waals surface area (Å²) in [4.78, 5) is 27.8. The maximum atomic E-state index is 13.4. The van der Waals surface area contributed by atoms with E-state index in [1.165, 1.54) is 4.90 Å². The highest BCUT2D eigenvalue weighted by atomic mass is 35.5. The van der Waals surface area contributed by atoms with Crippen molar-refractivity contribution in [1.82, 2.24) is 0 Å². The SMILES string of the molecule is O=C1CCCC2=C1C(c1cccc3ccccc13)CC(=O)N2c1cc(C(F)(F)F)ccc1Cl. The molecule has 0 saturated heterocycles. The van der Waals surface area contributed by atoms with Crippen LogP contribution in [0.5, 0.6) is 0 Å². The van der Waals surface area contributed by atoms with E-state index in [-0.39, 0.29) is 28.8 Å². The molecular weight excluding hydrogens is 451 g/mol. The van der Waals surface area contributed by atoms with Crippen molar-refractivity contribution in [2.75, 3.05) is 4.90 Å². The zero-order valence-electron chi connectivity index (χ0n) is 17.5. The van der Waals surface area contributed by atoms with Crippen molar-refractivity contribution in [2.45, 2.75) is 37.8 Å². The predicted molar refractivity (Wildman–Crippen MR) is 121 cm³/mol. The van der Waals surface area contributed by atoms with Gasteiger partial charge in [-0.1, -0.05) is 54.1 Å². The Morgan fingerprint density at radius 1 is 0.939 bits per heavy atom. The maximum absolute atomic E-state index is 13.4. The van der Waals surface area contributed by atoms with Gasteiger partial charge in [-0.15, -0.1) is 0 Å².